The van der Waals surface area contributed by atoms with Gasteiger partial charge in [0.1, 0.15) is 24.7 Å². The molecule has 5 heterocycles. The summed E-state index contributed by atoms with van der Waals surface area (Å²) in [5.41, 5.74) is 2.35. The molecule has 288 valence electrons. The van der Waals surface area contributed by atoms with Crippen molar-refractivity contribution in [3.05, 3.63) is 40.4 Å². The number of nitrogens with zero attached hydrogens (tertiary/aromatic N) is 6. The van der Waals surface area contributed by atoms with Gasteiger partial charge in [0, 0.05) is 64.7 Å². The first-order valence-corrected chi connectivity index (χ1v) is 27.0. The number of anilines is 1. The van der Waals surface area contributed by atoms with E-state index in [1.165, 1.54) is 0 Å². The zero-order valence-corrected chi connectivity index (χ0v) is 36.8. The fraction of sp³-hybridized carbons (Fsp3) is 0.684. The van der Waals surface area contributed by atoms with Crippen molar-refractivity contribution < 1.29 is 24.1 Å². The van der Waals surface area contributed by atoms with E-state index >= 15 is 0 Å². The minimum absolute atomic E-state index is 0.0841. The molecule has 3 atom stereocenters. The van der Waals surface area contributed by atoms with Crippen LogP contribution in [0.1, 0.15) is 77.6 Å². The van der Waals surface area contributed by atoms with Crippen molar-refractivity contribution in [1.29, 1.82) is 0 Å². The number of amides is 1. The number of piperidine rings is 1. The van der Waals surface area contributed by atoms with Crippen molar-refractivity contribution in [2.75, 3.05) is 31.6 Å². The number of halogens is 1. The quantitative estimate of drug-likeness (QED) is 0.0969. The summed E-state index contributed by atoms with van der Waals surface area (Å²) in [4.78, 5) is 27.4. The molecule has 0 radical (unpaired) electrons. The van der Waals surface area contributed by atoms with Crippen LogP contribution in [0, 0.1) is 0 Å². The second kappa shape index (κ2) is 15.8. The summed E-state index contributed by atoms with van der Waals surface area (Å²) < 4.78 is 21.4. The molecule has 52 heavy (non-hydrogen) atoms. The second-order valence-electron chi connectivity index (χ2n) is 18.6. The van der Waals surface area contributed by atoms with Crippen molar-refractivity contribution in [2.24, 2.45) is 0 Å². The van der Waals surface area contributed by atoms with Gasteiger partial charge in [-0.2, -0.15) is 9.61 Å². The zero-order chi connectivity index (χ0) is 38.2. The van der Waals surface area contributed by atoms with Crippen LogP contribution in [0.2, 0.25) is 51.4 Å². The standard InChI is InChI=1S/C38H61BrN6O5Si2/c1-37(2,3)50-36(46)44-28-13-14-29(44)21-27(20-28)33-32(39)35(43(24-48-16-18-51(6,7)8)25-49-17-19-52(9,10)11)45-34(42-33)30(23-41-45)26-12-15-31(40-22-26)38(4,5)47/h12,15,22-23,27-29,47H,13-14,16-21,24-25H2,1-11H3/t27-,28-,29?/m0/s1. The molecule has 14 heteroatoms. The maximum Gasteiger partial charge on any atom is 0.410 e. The largest absolute Gasteiger partial charge is 0.444 e. The number of aromatic nitrogens is 4. The third-order valence-electron chi connectivity index (χ3n) is 9.80. The number of ether oxygens (including phenoxy) is 3. The van der Waals surface area contributed by atoms with E-state index in [4.69, 9.17) is 24.3 Å². The van der Waals surface area contributed by atoms with Gasteiger partial charge in [0.15, 0.2) is 11.5 Å². The maximum absolute atomic E-state index is 13.3. The van der Waals surface area contributed by atoms with Crippen LogP contribution in [0.25, 0.3) is 16.8 Å². The van der Waals surface area contributed by atoms with Crippen molar-refractivity contribution >= 4 is 49.6 Å². The summed E-state index contributed by atoms with van der Waals surface area (Å²) in [7, 11) is -2.59. The number of fused-ring (bicyclic) bond motifs is 3. The maximum atomic E-state index is 13.3. The average Bonchev–Trinajstić information content (AvgIpc) is 3.55. The predicted octanol–water partition coefficient (Wildman–Crippen LogP) is 8.86. The van der Waals surface area contributed by atoms with Gasteiger partial charge in [0.05, 0.1) is 22.1 Å². The first-order valence-electron chi connectivity index (χ1n) is 18.8. The molecule has 11 nitrogen and oxygen atoms in total. The number of aliphatic hydroxyl groups is 1. The lowest BCUT2D eigenvalue weighted by Crippen LogP contribution is -2.48. The normalized spacial score (nSPS) is 19.8. The molecule has 0 aromatic carbocycles. The Labute approximate surface area is 321 Å². The van der Waals surface area contributed by atoms with Crippen molar-refractivity contribution in [1.82, 2.24) is 24.5 Å². The van der Waals surface area contributed by atoms with Crippen LogP contribution in [0.5, 0.6) is 0 Å². The summed E-state index contributed by atoms with van der Waals surface area (Å²) in [6.07, 6.45) is 6.89. The van der Waals surface area contributed by atoms with E-state index in [1.54, 1.807) is 20.0 Å². The van der Waals surface area contributed by atoms with Crippen LogP contribution in [0.3, 0.4) is 0 Å². The first-order chi connectivity index (χ1) is 24.1. The minimum atomic E-state index is -1.30. The summed E-state index contributed by atoms with van der Waals surface area (Å²) >= 11 is 4.05. The Morgan fingerprint density at radius 1 is 0.942 bits per heavy atom. The van der Waals surface area contributed by atoms with Crippen LogP contribution >= 0.6 is 15.9 Å². The Morgan fingerprint density at radius 3 is 2.00 bits per heavy atom. The molecule has 2 fully saturated rings. The van der Waals surface area contributed by atoms with Crippen LogP contribution in [0.15, 0.2) is 29.0 Å². The molecular weight excluding hydrogens is 757 g/mol. The lowest BCUT2D eigenvalue weighted by atomic mass is 9.88. The fourth-order valence-corrected chi connectivity index (χ4v) is 9.26. The number of hydrogen-bond acceptors (Lipinski definition) is 9. The molecule has 5 rings (SSSR count). The van der Waals surface area contributed by atoms with Gasteiger partial charge in [0.25, 0.3) is 0 Å². The molecule has 2 aliphatic rings. The van der Waals surface area contributed by atoms with Gasteiger partial charge >= 0.3 is 6.09 Å². The fourth-order valence-electron chi connectivity index (χ4n) is 6.92. The van der Waals surface area contributed by atoms with E-state index in [9.17, 15) is 9.90 Å². The minimum Gasteiger partial charge on any atom is -0.444 e. The van der Waals surface area contributed by atoms with Gasteiger partial charge in [-0.25, -0.2) is 9.78 Å². The second-order valence-corrected chi connectivity index (χ2v) is 30.6. The van der Waals surface area contributed by atoms with Crippen LogP contribution in [-0.4, -0.2) is 96.2 Å². The number of pyridine rings is 1. The van der Waals surface area contributed by atoms with Gasteiger partial charge in [-0.3, -0.25) is 4.98 Å². The summed E-state index contributed by atoms with van der Waals surface area (Å²) in [6, 6.07) is 6.12. The zero-order valence-electron chi connectivity index (χ0n) is 33.3. The molecule has 3 aromatic rings. The highest BCUT2D eigenvalue weighted by Crippen LogP contribution is 2.47. The Kier molecular flexibility index (Phi) is 12.4. The predicted molar refractivity (Wildman–Crippen MR) is 216 cm³/mol. The van der Waals surface area contributed by atoms with Gasteiger partial charge < -0.3 is 29.1 Å². The van der Waals surface area contributed by atoms with Crippen molar-refractivity contribution in [2.45, 2.75) is 141 Å². The third-order valence-corrected chi connectivity index (χ3v) is 14.0. The van der Waals surface area contributed by atoms with Gasteiger partial charge in [-0.05, 0) is 94.4 Å². The summed E-state index contributed by atoms with van der Waals surface area (Å²) in [6.45, 7) is 25.4. The van der Waals surface area contributed by atoms with E-state index in [1.807, 2.05) is 48.5 Å². The van der Waals surface area contributed by atoms with Gasteiger partial charge in [0.2, 0.25) is 0 Å². The molecule has 1 N–H and O–H groups in total. The topological polar surface area (TPSA) is 115 Å². The van der Waals surface area contributed by atoms with Crippen molar-refractivity contribution in [3.63, 3.8) is 0 Å². The molecular formula is C38H61BrN6O5Si2. The number of carbonyl (C=O) groups excluding carboxylic acids is 1. The first kappa shape index (κ1) is 40.8. The lowest BCUT2D eigenvalue weighted by Gasteiger charge is -2.39. The molecule has 3 aromatic heterocycles. The van der Waals surface area contributed by atoms with E-state index in [-0.39, 0.29) is 24.1 Å². The Morgan fingerprint density at radius 2 is 1.52 bits per heavy atom. The lowest BCUT2D eigenvalue weighted by molar-refractivity contribution is 0.00565. The molecule has 2 bridgehead atoms. The molecule has 2 aliphatic heterocycles. The summed E-state index contributed by atoms with van der Waals surface area (Å²) in [5.74, 6) is 0.936. The third kappa shape index (κ3) is 10.2. The monoisotopic (exact) mass is 816 g/mol. The average molecular weight is 818 g/mol. The number of carbonyl (C=O) groups is 1. The highest BCUT2D eigenvalue weighted by Gasteiger charge is 2.46. The highest BCUT2D eigenvalue weighted by molar-refractivity contribution is 9.10. The number of hydrogen-bond donors (Lipinski definition) is 1. The van der Waals surface area contributed by atoms with Crippen molar-refractivity contribution in [3.8, 4) is 11.1 Å². The van der Waals surface area contributed by atoms with E-state index in [2.05, 4.69) is 65.1 Å². The van der Waals surface area contributed by atoms with Gasteiger partial charge in [-0.1, -0.05) is 45.3 Å². The smallest absolute Gasteiger partial charge is 0.410 e. The van der Waals surface area contributed by atoms with E-state index in [0.717, 1.165) is 64.9 Å². The molecule has 1 unspecified atom stereocenters. The van der Waals surface area contributed by atoms with Crippen LogP contribution in [-0.2, 0) is 19.8 Å². The Hall–Kier alpha value is -2.37. The SMILES string of the molecule is CC(C)(C)OC(=O)N1C2CC[C@H]1C[C@H](c1nc3c(-c4ccc(C(C)(C)O)nc4)cnn3c(N(COCC[Si](C)(C)C)COCC[Si](C)(C)C)c1Br)C2. The highest BCUT2D eigenvalue weighted by atomic mass is 79.9. The van der Waals surface area contributed by atoms with E-state index < -0.39 is 27.3 Å². The summed E-state index contributed by atoms with van der Waals surface area (Å²) in [5, 5.41) is 15.5. The van der Waals surface area contributed by atoms with Crippen LogP contribution < -0.4 is 4.90 Å². The van der Waals surface area contributed by atoms with Crippen LogP contribution in [0.4, 0.5) is 10.6 Å². The van der Waals surface area contributed by atoms with Gasteiger partial charge in [-0.15, -0.1) is 0 Å². The number of rotatable bonds is 14. The molecule has 0 spiro atoms. The molecule has 2 saturated heterocycles. The molecule has 0 aliphatic carbocycles. The van der Waals surface area contributed by atoms with E-state index in [0.29, 0.717) is 38.0 Å². The molecule has 1 amide bonds. The Bertz CT molecular complexity index is 1660. The molecule has 0 saturated carbocycles. The Balaban J connectivity index is 1.57.